The van der Waals surface area contributed by atoms with Crippen LogP contribution < -0.4 is 5.73 Å². The molecule has 1 aliphatic heterocycles. The smallest absolute Gasteiger partial charge is 0.0253 e. The first-order valence-corrected chi connectivity index (χ1v) is 5.21. The minimum atomic E-state index is 0.473. The van der Waals surface area contributed by atoms with Crippen LogP contribution in [-0.4, -0.2) is 29.6 Å². The molecular formula is C10H20N2. The molecule has 2 fully saturated rings. The number of nitrogens with two attached hydrogens (primary N) is 1. The van der Waals surface area contributed by atoms with Gasteiger partial charge in [-0.2, -0.15) is 0 Å². The van der Waals surface area contributed by atoms with Crippen LogP contribution in [-0.2, 0) is 0 Å². The van der Waals surface area contributed by atoms with Crippen molar-refractivity contribution < 1.29 is 0 Å². The van der Waals surface area contributed by atoms with Crippen LogP contribution in [0.3, 0.4) is 0 Å². The van der Waals surface area contributed by atoms with Gasteiger partial charge in [0.2, 0.25) is 0 Å². The summed E-state index contributed by atoms with van der Waals surface area (Å²) in [5, 5.41) is 0. The first-order valence-electron chi connectivity index (χ1n) is 5.21. The second-order valence-corrected chi connectivity index (χ2v) is 4.63. The standard InChI is InChI=1S/C10H20N2/c1-7(2)12-6-8-4-3-5-9(12)10(8)11/h7-10H,3-6,11H2,1-2H3/t8-,9-,10-/m1/s1. The van der Waals surface area contributed by atoms with E-state index in [0.717, 1.165) is 5.92 Å². The summed E-state index contributed by atoms with van der Waals surface area (Å²) in [6.45, 7) is 5.82. The molecule has 2 bridgehead atoms. The van der Waals surface area contributed by atoms with Gasteiger partial charge in [-0.25, -0.2) is 0 Å². The van der Waals surface area contributed by atoms with Gasteiger partial charge in [-0.1, -0.05) is 6.42 Å². The maximum Gasteiger partial charge on any atom is 0.0253 e. The van der Waals surface area contributed by atoms with Crippen molar-refractivity contribution in [1.82, 2.24) is 4.90 Å². The zero-order valence-corrected chi connectivity index (χ0v) is 8.16. The average molecular weight is 168 g/mol. The molecule has 0 aromatic heterocycles. The summed E-state index contributed by atoms with van der Waals surface area (Å²) in [6, 6.07) is 1.86. The van der Waals surface area contributed by atoms with Gasteiger partial charge >= 0.3 is 0 Å². The van der Waals surface area contributed by atoms with E-state index in [9.17, 15) is 0 Å². The maximum atomic E-state index is 6.17. The maximum absolute atomic E-state index is 6.17. The molecule has 2 heteroatoms. The van der Waals surface area contributed by atoms with Crippen molar-refractivity contribution in [2.24, 2.45) is 11.7 Å². The van der Waals surface area contributed by atoms with Crippen LogP contribution in [0.2, 0.25) is 0 Å². The van der Waals surface area contributed by atoms with Crippen molar-refractivity contribution in [1.29, 1.82) is 0 Å². The highest BCUT2D eigenvalue weighted by Gasteiger charge is 2.42. The van der Waals surface area contributed by atoms with Gasteiger partial charge in [0.15, 0.2) is 0 Å². The van der Waals surface area contributed by atoms with Gasteiger partial charge in [0.1, 0.15) is 0 Å². The quantitative estimate of drug-likeness (QED) is 0.637. The molecule has 1 heterocycles. The Kier molecular flexibility index (Phi) is 2.13. The molecule has 0 unspecified atom stereocenters. The molecule has 2 nitrogen and oxygen atoms in total. The Morgan fingerprint density at radius 2 is 2.08 bits per heavy atom. The van der Waals surface area contributed by atoms with Crippen molar-refractivity contribution in [2.45, 2.75) is 51.2 Å². The van der Waals surface area contributed by atoms with Crippen LogP contribution in [0, 0.1) is 5.92 Å². The molecule has 3 atom stereocenters. The normalized spacial score (nSPS) is 42.5. The van der Waals surface area contributed by atoms with Gasteiger partial charge in [0.25, 0.3) is 0 Å². The summed E-state index contributed by atoms with van der Waals surface area (Å²) < 4.78 is 0. The van der Waals surface area contributed by atoms with Crippen LogP contribution in [0.1, 0.15) is 33.1 Å². The van der Waals surface area contributed by atoms with Gasteiger partial charge in [-0.3, -0.25) is 4.90 Å². The molecule has 0 amide bonds. The molecule has 2 rings (SSSR count). The fourth-order valence-corrected chi connectivity index (χ4v) is 2.89. The van der Waals surface area contributed by atoms with Crippen molar-refractivity contribution in [2.75, 3.05) is 6.54 Å². The Morgan fingerprint density at radius 1 is 1.33 bits per heavy atom. The summed E-state index contributed by atoms with van der Waals surface area (Å²) in [7, 11) is 0. The number of nitrogens with zero attached hydrogens (tertiary/aromatic N) is 1. The lowest BCUT2D eigenvalue weighted by Gasteiger charge is -2.31. The Bertz CT molecular complexity index is 167. The molecule has 2 aliphatic rings. The van der Waals surface area contributed by atoms with E-state index in [4.69, 9.17) is 5.73 Å². The van der Waals surface area contributed by atoms with Gasteiger partial charge in [0.05, 0.1) is 0 Å². The number of fused-ring (bicyclic) bond motifs is 2. The fraction of sp³-hybridized carbons (Fsp3) is 1.00. The zero-order valence-electron chi connectivity index (χ0n) is 8.16. The van der Waals surface area contributed by atoms with Crippen LogP contribution in [0.5, 0.6) is 0 Å². The van der Waals surface area contributed by atoms with Gasteiger partial charge < -0.3 is 5.73 Å². The predicted molar refractivity (Wildman–Crippen MR) is 50.9 cm³/mol. The molecule has 1 aliphatic carbocycles. The summed E-state index contributed by atoms with van der Waals surface area (Å²) in [5.41, 5.74) is 6.17. The highest BCUT2D eigenvalue weighted by atomic mass is 15.2. The van der Waals surface area contributed by atoms with Gasteiger partial charge in [-0.05, 0) is 32.6 Å². The van der Waals surface area contributed by atoms with E-state index in [1.54, 1.807) is 0 Å². The van der Waals surface area contributed by atoms with Crippen molar-refractivity contribution in [3.63, 3.8) is 0 Å². The first kappa shape index (κ1) is 8.52. The molecule has 0 aromatic carbocycles. The third-order valence-corrected chi connectivity index (χ3v) is 3.60. The molecule has 0 aromatic rings. The lowest BCUT2D eigenvalue weighted by molar-refractivity contribution is 0.188. The van der Waals surface area contributed by atoms with Crippen molar-refractivity contribution in [3.05, 3.63) is 0 Å². The second-order valence-electron chi connectivity index (χ2n) is 4.63. The highest BCUT2D eigenvalue weighted by Crippen LogP contribution is 2.35. The molecule has 12 heavy (non-hydrogen) atoms. The summed E-state index contributed by atoms with van der Waals surface area (Å²) in [6.07, 6.45) is 4.09. The van der Waals surface area contributed by atoms with Crippen molar-refractivity contribution >= 4 is 0 Å². The van der Waals surface area contributed by atoms with E-state index >= 15 is 0 Å². The molecule has 1 saturated heterocycles. The van der Waals surface area contributed by atoms with Crippen LogP contribution in [0.4, 0.5) is 0 Å². The SMILES string of the molecule is CC(C)N1C[C@H]2CCC[C@@H]1[C@@H]2N. The Labute approximate surface area is 75.1 Å². The van der Waals surface area contributed by atoms with E-state index in [-0.39, 0.29) is 0 Å². The highest BCUT2D eigenvalue weighted by molar-refractivity contribution is 4.99. The molecule has 0 radical (unpaired) electrons. The van der Waals surface area contributed by atoms with Crippen LogP contribution in [0.15, 0.2) is 0 Å². The predicted octanol–water partition coefficient (Wildman–Crippen LogP) is 1.21. The lowest BCUT2D eigenvalue weighted by Crippen LogP contribution is -2.44. The van der Waals surface area contributed by atoms with E-state index in [2.05, 4.69) is 18.7 Å². The molecule has 70 valence electrons. The zero-order chi connectivity index (χ0) is 8.72. The minimum absolute atomic E-state index is 0.473. The third kappa shape index (κ3) is 1.17. The third-order valence-electron chi connectivity index (χ3n) is 3.60. The number of hydrogen-bond donors (Lipinski definition) is 1. The van der Waals surface area contributed by atoms with E-state index in [0.29, 0.717) is 18.1 Å². The summed E-state index contributed by atoms with van der Waals surface area (Å²) >= 11 is 0. The number of hydrogen-bond acceptors (Lipinski definition) is 2. The van der Waals surface area contributed by atoms with E-state index in [1.807, 2.05) is 0 Å². The fourth-order valence-electron chi connectivity index (χ4n) is 2.89. The van der Waals surface area contributed by atoms with Gasteiger partial charge in [0, 0.05) is 24.7 Å². The lowest BCUT2D eigenvalue weighted by atomic mass is 9.86. The van der Waals surface area contributed by atoms with Gasteiger partial charge in [-0.15, -0.1) is 0 Å². The number of likely N-dealkylation sites (tertiary alicyclic amines) is 1. The minimum Gasteiger partial charge on any atom is -0.326 e. The average Bonchev–Trinajstić information content (AvgIpc) is 2.27. The Morgan fingerprint density at radius 3 is 2.67 bits per heavy atom. The topological polar surface area (TPSA) is 29.3 Å². The van der Waals surface area contributed by atoms with E-state index < -0.39 is 0 Å². The molecule has 2 N–H and O–H groups in total. The second kappa shape index (κ2) is 3.00. The van der Waals surface area contributed by atoms with Crippen LogP contribution >= 0.6 is 0 Å². The number of rotatable bonds is 1. The molecule has 1 saturated carbocycles. The summed E-state index contributed by atoms with van der Waals surface area (Å²) in [5.74, 6) is 0.797. The monoisotopic (exact) mass is 168 g/mol. The largest absolute Gasteiger partial charge is 0.326 e. The Hall–Kier alpha value is -0.0800. The molecular weight excluding hydrogens is 148 g/mol. The molecule has 0 spiro atoms. The van der Waals surface area contributed by atoms with Crippen molar-refractivity contribution in [3.8, 4) is 0 Å². The van der Waals surface area contributed by atoms with Crippen LogP contribution in [0.25, 0.3) is 0 Å². The summed E-state index contributed by atoms with van der Waals surface area (Å²) in [4.78, 5) is 2.60. The van der Waals surface area contributed by atoms with E-state index in [1.165, 1.54) is 25.8 Å². The Balaban J connectivity index is 2.11. The first-order chi connectivity index (χ1) is 5.70.